The van der Waals surface area contributed by atoms with Crippen LogP contribution in [0.4, 0.5) is 0 Å². The zero-order valence-corrected chi connectivity index (χ0v) is 20.4. The summed E-state index contributed by atoms with van der Waals surface area (Å²) in [5.41, 5.74) is 0.993. The molecule has 0 amide bonds. The van der Waals surface area contributed by atoms with E-state index in [1.807, 2.05) is 54.6 Å². The Kier molecular flexibility index (Phi) is 9.47. The fourth-order valence-electron chi connectivity index (χ4n) is 2.85. The van der Waals surface area contributed by atoms with E-state index in [0.29, 0.717) is 5.31 Å². The van der Waals surface area contributed by atoms with E-state index in [0.717, 1.165) is 10.8 Å². The van der Waals surface area contributed by atoms with Gasteiger partial charge in [-0.05, 0) is 35.7 Å². The monoisotopic (exact) mass is 443 g/mol. The molecule has 0 atom stereocenters. The van der Waals surface area contributed by atoms with Gasteiger partial charge in [0.2, 0.25) is 0 Å². The second-order valence-electron chi connectivity index (χ2n) is 7.68. The van der Waals surface area contributed by atoms with Gasteiger partial charge in [-0.2, -0.15) is 0 Å². The van der Waals surface area contributed by atoms with Crippen LogP contribution < -0.4 is 10.1 Å². The molecule has 0 aliphatic carbocycles. The summed E-state index contributed by atoms with van der Waals surface area (Å²) >= 11 is 0. The highest BCUT2D eigenvalue weighted by molar-refractivity contribution is 7.63. The van der Waals surface area contributed by atoms with Crippen molar-refractivity contribution in [2.24, 2.45) is 0 Å². The lowest BCUT2D eigenvalue weighted by atomic mass is 10.2. The Morgan fingerprint density at radius 2 is 1.47 bits per heavy atom. The van der Waals surface area contributed by atoms with E-state index in [2.05, 4.69) is 32.9 Å². The Hall–Kier alpha value is -1.75. The van der Waals surface area contributed by atoms with Crippen LogP contribution in [0.15, 0.2) is 78.3 Å². The molecule has 0 heterocycles. The van der Waals surface area contributed by atoms with Gasteiger partial charge in [-0.15, -0.1) is 0 Å². The molecule has 0 saturated carbocycles. The summed E-state index contributed by atoms with van der Waals surface area (Å²) in [6.45, 7) is 10.6. The molecule has 2 rings (SSSR count). The van der Waals surface area contributed by atoms with E-state index in [1.54, 1.807) is 26.2 Å². The highest BCUT2D eigenvalue weighted by Crippen LogP contribution is 2.60. The van der Waals surface area contributed by atoms with E-state index in [-0.39, 0.29) is 18.3 Å². The molecule has 0 fully saturated rings. The van der Waals surface area contributed by atoms with Crippen molar-refractivity contribution in [3.63, 3.8) is 0 Å². The molecule has 161 valence electrons. The largest absolute Gasteiger partial charge is 0.627 e. The lowest BCUT2D eigenvalue weighted by molar-refractivity contribution is -0.214. The first kappa shape index (κ1) is 24.5. The molecule has 0 aliphatic rings. The van der Waals surface area contributed by atoms with Crippen molar-refractivity contribution in [1.29, 1.82) is 0 Å². The molecule has 2 aromatic rings. The number of benzene rings is 2. The Balaban J connectivity index is 2.43. The summed E-state index contributed by atoms with van der Waals surface area (Å²) in [7, 11) is -4.95. The Morgan fingerprint density at radius 3 is 1.97 bits per heavy atom. The predicted octanol–water partition coefficient (Wildman–Crippen LogP) is 5.45. The van der Waals surface area contributed by atoms with Crippen LogP contribution in [0, 0.1) is 0 Å². The molecule has 0 unspecified atom stereocenters. The van der Waals surface area contributed by atoms with Crippen molar-refractivity contribution in [3.05, 3.63) is 83.9 Å². The van der Waals surface area contributed by atoms with Gasteiger partial charge in [0.05, 0.1) is 13.2 Å². The van der Waals surface area contributed by atoms with E-state index in [9.17, 15) is 4.89 Å². The topological polar surface area (TPSA) is 50.8 Å². The van der Waals surface area contributed by atoms with Crippen molar-refractivity contribution in [1.82, 2.24) is 0 Å². The van der Waals surface area contributed by atoms with Crippen molar-refractivity contribution in [2.45, 2.75) is 39.7 Å². The lowest BCUT2D eigenvalue weighted by Gasteiger charge is -2.29. The molecule has 0 saturated heterocycles. The minimum atomic E-state index is -3.50. The SMILES string of the molecule is CCO[P+]([O-])(OCC)C(/C=C/c1ccccc1)=C/O[Si](c1ccccc1)C(C)(C)C. The Bertz CT molecular complexity index is 810. The molecule has 1 radical (unpaired) electrons. The van der Waals surface area contributed by atoms with Crippen molar-refractivity contribution < 1.29 is 18.4 Å². The van der Waals surface area contributed by atoms with Gasteiger partial charge in [-0.1, -0.05) is 87.5 Å². The van der Waals surface area contributed by atoms with Gasteiger partial charge in [-0.3, -0.25) is 0 Å². The third-order valence-corrected chi connectivity index (χ3v) is 8.83. The van der Waals surface area contributed by atoms with E-state index < -0.39 is 17.0 Å². The van der Waals surface area contributed by atoms with Crippen molar-refractivity contribution >= 4 is 28.2 Å². The normalized spacial score (nSPS) is 13.2. The zero-order chi connectivity index (χ0) is 22.0. The van der Waals surface area contributed by atoms with Crippen molar-refractivity contribution in [3.8, 4) is 0 Å². The molecule has 2 aromatic carbocycles. The van der Waals surface area contributed by atoms with Crippen LogP contribution in [0.1, 0.15) is 40.2 Å². The standard InChI is InChI=1S/C24H32O4PSi/c1-6-26-29(25,27-7-2)22(19-18-21-14-10-8-11-15-21)20-28-30(24(3,4)5)23-16-12-9-13-17-23/h8-20H,6-7H2,1-5H3/b19-18+,22-20+. The zero-order valence-electron chi connectivity index (χ0n) is 18.5. The second kappa shape index (κ2) is 11.6. The van der Waals surface area contributed by atoms with Crippen LogP contribution in [0.5, 0.6) is 0 Å². The molecule has 4 nitrogen and oxygen atoms in total. The molecular weight excluding hydrogens is 411 g/mol. The molecular formula is C24H32O4PSi. The summed E-state index contributed by atoms with van der Waals surface area (Å²) in [6.07, 6.45) is 5.25. The number of rotatable bonds is 10. The molecule has 0 N–H and O–H groups in total. The van der Waals surface area contributed by atoms with Crippen LogP contribution in [0.2, 0.25) is 5.04 Å². The number of hydrogen-bond donors (Lipinski definition) is 0. The third-order valence-electron chi connectivity index (χ3n) is 4.18. The maximum absolute atomic E-state index is 13.5. The quantitative estimate of drug-likeness (QED) is 0.212. The maximum atomic E-state index is 13.5. The summed E-state index contributed by atoms with van der Waals surface area (Å²) < 4.78 is 17.5. The third kappa shape index (κ3) is 7.19. The molecule has 0 spiro atoms. The van der Waals surface area contributed by atoms with E-state index in [4.69, 9.17) is 13.5 Å². The van der Waals surface area contributed by atoms with Gasteiger partial charge >= 0.3 is 9.04 Å². The smallest absolute Gasteiger partial charge is 0.321 e. The molecule has 0 aromatic heterocycles. The van der Waals surface area contributed by atoms with Crippen LogP contribution in [0.25, 0.3) is 6.08 Å². The number of allylic oxidation sites excluding steroid dienone is 2. The first-order valence-corrected chi connectivity index (χ1v) is 13.2. The van der Waals surface area contributed by atoms with Crippen LogP contribution >= 0.6 is 7.94 Å². The van der Waals surface area contributed by atoms with Crippen LogP contribution in [-0.2, 0) is 13.5 Å². The average molecular weight is 444 g/mol. The van der Waals surface area contributed by atoms with E-state index >= 15 is 0 Å². The summed E-state index contributed by atoms with van der Waals surface area (Å²) in [6, 6.07) is 20.0. The minimum Gasteiger partial charge on any atom is -0.627 e. The van der Waals surface area contributed by atoms with E-state index in [1.165, 1.54) is 0 Å². The summed E-state index contributed by atoms with van der Waals surface area (Å²) in [4.78, 5) is 13.5. The van der Waals surface area contributed by atoms with Crippen LogP contribution in [-0.4, -0.2) is 22.3 Å². The predicted molar refractivity (Wildman–Crippen MR) is 126 cm³/mol. The maximum Gasteiger partial charge on any atom is 0.321 e. The Labute approximate surface area is 183 Å². The number of hydrogen-bond acceptors (Lipinski definition) is 4. The van der Waals surface area contributed by atoms with Gasteiger partial charge in [0.1, 0.15) is 6.26 Å². The Morgan fingerprint density at radius 1 is 0.933 bits per heavy atom. The molecule has 6 heteroatoms. The summed E-state index contributed by atoms with van der Waals surface area (Å²) in [5, 5.41) is 1.50. The van der Waals surface area contributed by atoms with Gasteiger partial charge in [0.25, 0.3) is 7.94 Å². The van der Waals surface area contributed by atoms with Gasteiger partial charge in [-0.25, -0.2) is 9.05 Å². The van der Waals surface area contributed by atoms with Crippen molar-refractivity contribution in [2.75, 3.05) is 13.2 Å². The fourth-order valence-corrected chi connectivity index (χ4v) is 6.54. The lowest BCUT2D eigenvalue weighted by Crippen LogP contribution is -2.40. The van der Waals surface area contributed by atoms with Gasteiger partial charge in [0.15, 0.2) is 5.31 Å². The molecule has 30 heavy (non-hydrogen) atoms. The van der Waals surface area contributed by atoms with Gasteiger partial charge < -0.3 is 9.32 Å². The second-order valence-corrected chi connectivity index (χ2v) is 12.7. The first-order valence-electron chi connectivity index (χ1n) is 10.2. The highest BCUT2D eigenvalue weighted by Gasteiger charge is 2.37. The van der Waals surface area contributed by atoms with Gasteiger partial charge in [0, 0.05) is 0 Å². The molecule has 0 bridgehead atoms. The van der Waals surface area contributed by atoms with Crippen LogP contribution in [0.3, 0.4) is 0 Å². The average Bonchev–Trinajstić information content (AvgIpc) is 2.71. The minimum absolute atomic E-state index is 0.0714. The molecule has 0 aliphatic heterocycles. The fraction of sp³-hybridized carbons (Fsp3) is 0.333. The summed E-state index contributed by atoms with van der Waals surface area (Å²) in [5.74, 6) is 0. The first-order chi connectivity index (χ1) is 14.3. The highest BCUT2D eigenvalue weighted by atomic mass is 31.2.